The van der Waals surface area contributed by atoms with E-state index < -0.39 is 0 Å². The van der Waals surface area contributed by atoms with E-state index in [4.69, 9.17) is 0 Å². The molecule has 1 saturated heterocycles. The summed E-state index contributed by atoms with van der Waals surface area (Å²) in [5.74, 6) is 1.37. The van der Waals surface area contributed by atoms with Gasteiger partial charge in [-0.25, -0.2) is 0 Å². The van der Waals surface area contributed by atoms with Gasteiger partial charge in [0.05, 0.1) is 4.92 Å². The lowest BCUT2D eigenvalue weighted by atomic mass is 9.78. The summed E-state index contributed by atoms with van der Waals surface area (Å²) in [6.45, 7) is 6.00. The number of rotatable bonds is 6. The van der Waals surface area contributed by atoms with Gasteiger partial charge in [0.2, 0.25) is 0 Å². The monoisotopic (exact) mass is 449 g/mol. The first-order valence-corrected chi connectivity index (χ1v) is 12.3. The van der Waals surface area contributed by atoms with E-state index in [9.17, 15) is 14.9 Å². The molecule has 33 heavy (non-hydrogen) atoms. The molecular formula is C27H35N3O3. The van der Waals surface area contributed by atoms with E-state index in [-0.39, 0.29) is 22.6 Å². The van der Waals surface area contributed by atoms with Crippen LogP contribution in [0.1, 0.15) is 61.9 Å². The van der Waals surface area contributed by atoms with Crippen LogP contribution in [-0.2, 0) is 6.42 Å². The molecule has 0 aromatic heterocycles. The predicted octanol–water partition coefficient (Wildman–Crippen LogP) is 5.61. The van der Waals surface area contributed by atoms with Gasteiger partial charge >= 0.3 is 0 Å². The molecular weight excluding hydrogens is 414 g/mol. The molecule has 0 spiro atoms. The Hall–Kier alpha value is -2.89. The highest BCUT2D eigenvalue weighted by Gasteiger charge is 2.30. The second-order valence-electron chi connectivity index (χ2n) is 9.93. The van der Waals surface area contributed by atoms with Crippen LogP contribution in [0.2, 0.25) is 0 Å². The van der Waals surface area contributed by atoms with Gasteiger partial charge in [0.25, 0.3) is 11.6 Å². The van der Waals surface area contributed by atoms with Gasteiger partial charge in [0.15, 0.2) is 0 Å². The van der Waals surface area contributed by atoms with Crippen molar-refractivity contribution in [3.8, 4) is 0 Å². The molecule has 3 atom stereocenters. The number of hydrogen-bond acceptors (Lipinski definition) is 4. The highest BCUT2D eigenvalue weighted by atomic mass is 16.6. The molecule has 1 N–H and O–H groups in total. The molecule has 6 nitrogen and oxygen atoms in total. The van der Waals surface area contributed by atoms with Crippen molar-refractivity contribution in [3.05, 3.63) is 69.8 Å². The lowest BCUT2D eigenvalue weighted by Crippen LogP contribution is -2.43. The number of anilines is 1. The summed E-state index contributed by atoms with van der Waals surface area (Å²) in [4.78, 5) is 26.5. The molecule has 176 valence electrons. The molecule has 2 aromatic carbocycles. The molecule has 1 heterocycles. The second-order valence-corrected chi connectivity index (χ2v) is 9.93. The quantitative estimate of drug-likeness (QED) is 0.459. The smallest absolute Gasteiger partial charge is 0.293 e. The summed E-state index contributed by atoms with van der Waals surface area (Å²) in [5, 5.41) is 15.0. The predicted molar refractivity (Wildman–Crippen MR) is 132 cm³/mol. The summed E-state index contributed by atoms with van der Waals surface area (Å²) >= 11 is 0. The SMILES string of the molecule is C[C@H]1[C@H](C)CCC[C@@H]1NC(=O)c1ccc(N2CCC(Cc3ccccc3)CC2)c([N+](=O)[O-])c1. The van der Waals surface area contributed by atoms with Gasteiger partial charge < -0.3 is 10.2 Å². The average Bonchev–Trinajstić information content (AvgIpc) is 2.83. The Balaban J connectivity index is 1.42. The number of carbonyl (C=O) groups excluding carboxylic acids is 1. The van der Waals surface area contributed by atoms with Gasteiger partial charge in [-0.05, 0) is 61.1 Å². The van der Waals surface area contributed by atoms with Crippen LogP contribution in [0.3, 0.4) is 0 Å². The summed E-state index contributed by atoms with van der Waals surface area (Å²) in [5.41, 5.74) is 2.36. The number of hydrogen-bond donors (Lipinski definition) is 1. The third-order valence-corrected chi connectivity index (χ3v) is 7.78. The van der Waals surface area contributed by atoms with E-state index in [0.29, 0.717) is 29.0 Å². The van der Waals surface area contributed by atoms with Gasteiger partial charge in [0, 0.05) is 30.8 Å². The zero-order valence-electron chi connectivity index (χ0n) is 19.7. The first kappa shape index (κ1) is 23.3. The van der Waals surface area contributed by atoms with Crippen molar-refractivity contribution >= 4 is 17.3 Å². The molecule has 6 heteroatoms. The minimum Gasteiger partial charge on any atom is -0.366 e. The van der Waals surface area contributed by atoms with Gasteiger partial charge in [-0.3, -0.25) is 14.9 Å². The lowest BCUT2D eigenvalue weighted by molar-refractivity contribution is -0.384. The summed E-state index contributed by atoms with van der Waals surface area (Å²) < 4.78 is 0. The van der Waals surface area contributed by atoms with Gasteiger partial charge in [-0.2, -0.15) is 0 Å². The second kappa shape index (κ2) is 10.4. The van der Waals surface area contributed by atoms with Crippen molar-refractivity contribution in [2.45, 2.75) is 58.4 Å². The van der Waals surface area contributed by atoms with Crippen LogP contribution >= 0.6 is 0 Å². The minimum absolute atomic E-state index is 0.0224. The highest BCUT2D eigenvalue weighted by molar-refractivity contribution is 5.96. The molecule has 4 rings (SSSR count). The van der Waals surface area contributed by atoms with Crippen molar-refractivity contribution in [2.24, 2.45) is 17.8 Å². The van der Waals surface area contributed by atoms with Gasteiger partial charge in [-0.1, -0.05) is 57.0 Å². The summed E-state index contributed by atoms with van der Waals surface area (Å²) in [7, 11) is 0. The average molecular weight is 450 g/mol. The number of carbonyl (C=O) groups is 1. The minimum atomic E-state index is -0.354. The van der Waals surface area contributed by atoms with E-state index in [1.54, 1.807) is 12.1 Å². The third-order valence-electron chi connectivity index (χ3n) is 7.78. The van der Waals surface area contributed by atoms with Crippen LogP contribution in [0, 0.1) is 27.9 Å². The number of piperidine rings is 1. The maximum absolute atomic E-state index is 12.9. The van der Waals surface area contributed by atoms with E-state index in [2.05, 4.69) is 48.3 Å². The molecule has 0 unspecified atom stereocenters. The number of nitro groups is 1. The van der Waals surface area contributed by atoms with Gasteiger partial charge in [-0.15, -0.1) is 0 Å². The van der Waals surface area contributed by atoms with Crippen molar-refractivity contribution in [1.82, 2.24) is 5.32 Å². The largest absolute Gasteiger partial charge is 0.366 e. The topological polar surface area (TPSA) is 75.5 Å². The number of benzene rings is 2. The van der Waals surface area contributed by atoms with Crippen molar-refractivity contribution in [2.75, 3.05) is 18.0 Å². The van der Waals surface area contributed by atoms with E-state index in [0.717, 1.165) is 45.2 Å². The fourth-order valence-corrected chi connectivity index (χ4v) is 5.44. The van der Waals surface area contributed by atoms with Crippen LogP contribution in [0.5, 0.6) is 0 Å². The normalized spacial score (nSPS) is 23.8. The number of nitrogens with one attached hydrogen (secondary N) is 1. The van der Waals surface area contributed by atoms with Crippen LogP contribution in [0.25, 0.3) is 0 Å². The standard InChI is InChI=1S/C27H35N3O3/c1-19-7-6-10-24(20(19)2)28-27(31)23-11-12-25(26(18-23)30(32)33)29-15-13-22(14-16-29)17-21-8-4-3-5-9-21/h3-5,8-9,11-12,18-20,22,24H,6-7,10,13-17H2,1-2H3,(H,28,31)/t19-,20+,24+/m1/s1. The molecule has 1 aliphatic heterocycles. The Morgan fingerprint density at radius 2 is 1.79 bits per heavy atom. The van der Waals surface area contributed by atoms with Crippen LogP contribution in [0.15, 0.2) is 48.5 Å². The van der Waals surface area contributed by atoms with Crippen molar-refractivity contribution in [1.29, 1.82) is 0 Å². The molecule has 0 radical (unpaired) electrons. The van der Waals surface area contributed by atoms with Crippen LogP contribution in [0.4, 0.5) is 11.4 Å². The number of nitrogens with zero attached hydrogens (tertiary/aromatic N) is 2. The first-order chi connectivity index (χ1) is 15.9. The number of amides is 1. The molecule has 2 fully saturated rings. The third kappa shape index (κ3) is 5.55. The van der Waals surface area contributed by atoms with Crippen LogP contribution in [-0.4, -0.2) is 30.0 Å². The number of nitro benzene ring substituents is 1. The van der Waals surface area contributed by atoms with Crippen molar-refractivity contribution in [3.63, 3.8) is 0 Å². The molecule has 1 aliphatic carbocycles. The van der Waals surface area contributed by atoms with Crippen molar-refractivity contribution < 1.29 is 9.72 Å². The molecule has 2 aromatic rings. The molecule has 1 saturated carbocycles. The summed E-state index contributed by atoms with van der Waals surface area (Å²) in [6.07, 6.45) is 6.33. The Labute approximate surface area is 196 Å². The first-order valence-electron chi connectivity index (χ1n) is 12.3. The molecule has 1 amide bonds. The molecule has 0 bridgehead atoms. The zero-order chi connectivity index (χ0) is 23.4. The fraction of sp³-hybridized carbons (Fsp3) is 0.519. The lowest BCUT2D eigenvalue weighted by Gasteiger charge is -2.34. The van der Waals surface area contributed by atoms with Gasteiger partial charge in [0.1, 0.15) is 5.69 Å². The Morgan fingerprint density at radius 1 is 1.06 bits per heavy atom. The Morgan fingerprint density at radius 3 is 2.48 bits per heavy atom. The van der Waals surface area contributed by atoms with E-state index >= 15 is 0 Å². The zero-order valence-corrected chi connectivity index (χ0v) is 19.7. The van der Waals surface area contributed by atoms with Crippen LogP contribution < -0.4 is 10.2 Å². The Bertz CT molecular complexity index is 970. The highest BCUT2D eigenvalue weighted by Crippen LogP contribution is 2.34. The Kier molecular flexibility index (Phi) is 7.31. The van der Waals surface area contributed by atoms with E-state index in [1.807, 2.05) is 6.07 Å². The maximum atomic E-state index is 12.9. The van der Waals surface area contributed by atoms with E-state index in [1.165, 1.54) is 18.1 Å². The fourth-order valence-electron chi connectivity index (χ4n) is 5.44. The maximum Gasteiger partial charge on any atom is 0.293 e. The molecule has 2 aliphatic rings. The summed E-state index contributed by atoms with van der Waals surface area (Å²) in [6, 6.07) is 15.6.